The molecule has 2 aromatic carbocycles. The summed E-state index contributed by atoms with van der Waals surface area (Å²) in [6.45, 7) is 6.75. The highest BCUT2D eigenvalue weighted by Crippen LogP contribution is 2.49. The van der Waals surface area contributed by atoms with E-state index in [-0.39, 0.29) is 17.9 Å². The number of benzene rings is 2. The molecule has 1 aliphatic carbocycles. The monoisotopic (exact) mass is 687 g/mol. The average molecular weight is 688 g/mol. The van der Waals surface area contributed by atoms with Gasteiger partial charge in [-0.05, 0) is 119 Å². The Bertz CT molecular complexity index is 1540. The molecule has 47 heavy (non-hydrogen) atoms. The van der Waals surface area contributed by atoms with Crippen molar-refractivity contribution in [1.29, 1.82) is 0 Å². The van der Waals surface area contributed by atoms with Crippen molar-refractivity contribution in [2.24, 2.45) is 17.8 Å². The molecule has 6 rings (SSSR count). The summed E-state index contributed by atoms with van der Waals surface area (Å²) in [5, 5.41) is -0.0280. The lowest BCUT2D eigenvalue weighted by molar-refractivity contribution is -0.329. The minimum Gasteiger partial charge on any atom is -0.487 e. The summed E-state index contributed by atoms with van der Waals surface area (Å²) in [6, 6.07) is 11.4. The third-order valence-corrected chi connectivity index (χ3v) is 13.3. The number of amides is 1. The van der Waals surface area contributed by atoms with Gasteiger partial charge in [0, 0.05) is 36.0 Å². The van der Waals surface area contributed by atoms with Gasteiger partial charge in [0.05, 0.1) is 30.2 Å². The number of fused-ring (bicyclic) bond motifs is 4. The molecular formula is C36H50ClN3O6S. The highest BCUT2D eigenvalue weighted by Gasteiger charge is 2.52. The Balaban J connectivity index is 1.38. The second kappa shape index (κ2) is 14.2. The highest BCUT2D eigenvalue weighted by molar-refractivity contribution is 7.90. The maximum Gasteiger partial charge on any atom is 0.264 e. The van der Waals surface area contributed by atoms with E-state index in [9.17, 15) is 13.2 Å². The van der Waals surface area contributed by atoms with Crippen LogP contribution in [-0.2, 0) is 32.5 Å². The number of carbonyl (C=O) groups excluding carboxylic acids is 1. The van der Waals surface area contributed by atoms with E-state index in [4.69, 9.17) is 25.8 Å². The third-order valence-electron chi connectivity index (χ3n) is 11.2. The first kappa shape index (κ1) is 34.5. The first-order valence-corrected chi connectivity index (χ1v) is 19.2. The molecule has 3 aliphatic heterocycles. The second-order valence-electron chi connectivity index (χ2n) is 14.3. The molecule has 3 heterocycles. The van der Waals surface area contributed by atoms with Crippen LogP contribution in [0.3, 0.4) is 0 Å². The van der Waals surface area contributed by atoms with Gasteiger partial charge in [-0.3, -0.25) is 4.79 Å². The fourth-order valence-corrected chi connectivity index (χ4v) is 9.13. The molecule has 1 saturated carbocycles. The molecule has 1 saturated heterocycles. The number of nitrogens with one attached hydrogen (secondary N) is 1. The van der Waals surface area contributed by atoms with Crippen LogP contribution in [0.2, 0.25) is 5.02 Å². The predicted molar refractivity (Wildman–Crippen MR) is 185 cm³/mol. The van der Waals surface area contributed by atoms with Crippen molar-refractivity contribution in [2.75, 3.05) is 45.3 Å². The molecule has 258 valence electrons. The molecule has 1 amide bonds. The SMILES string of the molecule is C[C@@H]1[C@@H](C)CCCC2(OCC(N(C)C)CO2)[C@@H]2CC[C@H]2CN2CCCCc3cc(Cl)ccc3COc3ccc(cc32)C(=O)NS1(=O)=O. The lowest BCUT2D eigenvalue weighted by atomic mass is 9.67. The summed E-state index contributed by atoms with van der Waals surface area (Å²) in [6.07, 6.45) is 7.07. The number of hydrogen-bond acceptors (Lipinski definition) is 8. The number of aryl methyl sites for hydroxylation is 1. The van der Waals surface area contributed by atoms with Gasteiger partial charge in [-0.1, -0.05) is 24.6 Å². The van der Waals surface area contributed by atoms with E-state index >= 15 is 0 Å². The smallest absolute Gasteiger partial charge is 0.264 e. The summed E-state index contributed by atoms with van der Waals surface area (Å²) >= 11 is 6.37. The molecule has 0 aromatic heterocycles. The first-order valence-electron chi connectivity index (χ1n) is 17.2. The van der Waals surface area contributed by atoms with Crippen LogP contribution in [0.25, 0.3) is 0 Å². The zero-order valence-corrected chi connectivity index (χ0v) is 29.7. The number of anilines is 1. The Kier molecular flexibility index (Phi) is 10.4. The fourth-order valence-electron chi connectivity index (χ4n) is 7.63. The predicted octanol–water partition coefficient (Wildman–Crippen LogP) is 6.03. The Morgan fingerprint density at radius 1 is 0.979 bits per heavy atom. The molecule has 9 nitrogen and oxygen atoms in total. The molecule has 2 fully saturated rings. The first-order chi connectivity index (χ1) is 22.5. The van der Waals surface area contributed by atoms with Gasteiger partial charge in [-0.25, -0.2) is 13.1 Å². The lowest BCUT2D eigenvalue weighted by Gasteiger charge is -2.53. The maximum absolute atomic E-state index is 13.5. The van der Waals surface area contributed by atoms with Crippen molar-refractivity contribution in [2.45, 2.75) is 88.9 Å². The van der Waals surface area contributed by atoms with Crippen molar-refractivity contribution < 1.29 is 27.4 Å². The highest BCUT2D eigenvalue weighted by atomic mass is 35.5. The van der Waals surface area contributed by atoms with Crippen LogP contribution in [-0.4, -0.2) is 76.7 Å². The number of carbonyl (C=O) groups is 1. The van der Waals surface area contributed by atoms with Crippen LogP contribution >= 0.6 is 11.6 Å². The summed E-state index contributed by atoms with van der Waals surface area (Å²) in [5.41, 5.74) is 3.37. The van der Waals surface area contributed by atoms with E-state index in [1.807, 2.05) is 25.1 Å². The molecule has 2 aromatic rings. The van der Waals surface area contributed by atoms with E-state index in [1.54, 1.807) is 25.1 Å². The van der Waals surface area contributed by atoms with Gasteiger partial charge in [0.15, 0.2) is 5.79 Å². The van der Waals surface area contributed by atoms with Crippen LogP contribution in [0.4, 0.5) is 5.69 Å². The van der Waals surface area contributed by atoms with Gasteiger partial charge in [0.1, 0.15) is 12.4 Å². The molecule has 0 unspecified atom stereocenters. The Morgan fingerprint density at radius 3 is 2.49 bits per heavy atom. The number of hydrogen-bond donors (Lipinski definition) is 1. The fraction of sp³-hybridized carbons (Fsp3) is 0.639. The number of likely N-dealkylation sites (N-methyl/N-ethyl adjacent to an activating group) is 1. The van der Waals surface area contributed by atoms with Crippen molar-refractivity contribution in [3.8, 4) is 5.75 Å². The summed E-state index contributed by atoms with van der Waals surface area (Å²) in [5.74, 6) is -0.251. The molecule has 4 aliphatic rings. The normalized spacial score (nSPS) is 31.8. The van der Waals surface area contributed by atoms with E-state index in [2.05, 4.69) is 28.6 Å². The topological polar surface area (TPSA) is 97.4 Å². The summed E-state index contributed by atoms with van der Waals surface area (Å²) < 4.78 is 49.2. The Hall–Kier alpha value is -2.37. The van der Waals surface area contributed by atoms with Crippen LogP contribution in [0.1, 0.15) is 80.3 Å². The van der Waals surface area contributed by atoms with Gasteiger partial charge >= 0.3 is 0 Å². The Labute approximate surface area is 285 Å². The minimum atomic E-state index is -3.92. The van der Waals surface area contributed by atoms with Crippen molar-refractivity contribution in [3.05, 3.63) is 58.1 Å². The lowest BCUT2D eigenvalue weighted by Crippen LogP contribution is -2.59. The molecule has 4 atom stereocenters. The molecule has 0 radical (unpaired) electrons. The number of rotatable bonds is 1. The minimum absolute atomic E-state index is 0.158. The second-order valence-corrected chi connectivity index (χ2v) is 16.8. The average Bonchev–Trinajstić information content (AvgIpc) is 3.05. The third kappa shape index (κ3) is 7.47. The van der Waals surface area contributed by atoms with Crippen LogP contribution in [0, 0.1) is 17.8 Å². The number of sulfonamides is 1. The van der Waals surface area contributed by atoms with Crippen molar-refractivity contribution in [3.63, 3.8) is 0 Å². The summed E-state index contributed by atoms with van der Waals surface area (Å²) in [4.78, 5) is 18.0. The summed E-state index contributed by atoms with van der Waals surface area (Å²) in [7, 11) is 0.191. The van der Waals surface area contributed by atoms with Crippen molar-refractivity contribution >= 4 is 33.2 Å². The number of ether oxygens (including phenoxy) is 3. The quantitative estimate of drug-likeness (QED) is 0.389. The van der Waals surface area contributed by atoms with Crippen LogP contribution in [0.5, 0.6) is 5.75 Å². The van der Waals surface area contributed by atoms with Gasteiger partial charge in [-0.2, -0.15) is 0 Å². The zero-order chi connectivity index (χ0) is 33.3. The Morgan fingerprint density at radius 2 is 1.77 bits per heavy atom. The molecule has 1 N–H and O–H groups in total. The van der Waals surface area contributed by atoms with Crippen LogP contribution < -0.4 is 14.4 Å². The molecule has 11 heteroatoms. The van der Waals surface area contributed by atoms with E-state index in [0.717, 1.165) is 62.9 Å². The largest absolute Gasteiger partial charge is 0.487 e. The molecular weight excluding hydrogens is 638 g/mol. The number of halogens is 1. The van der Waals surface area contributed by atoms with E-state index in [0.29, 0.717) is 54.9 Å². The maximum atomic E-state index is 13.5. The van der Waals surface area contributed by atoms with Crippen LogP contribution in [0.15, 0.2) is 36.4 Å². The molecule has 2 bridgehead atoms. The van der Waals surface area contributed by atoms with Gasteiger partial charge in [0.2, 0.25) is 10.0 Å². The standard InChI is InChI=1S/C36H50ClN3O6S/c1-24-8-7-16-36(45-22-31(23-46-36)39(3)4)32-14-11-28(32)20-40-17-6-5-9-26-18-30(37)13-10-29(26)21-44-34-15-12-27(19-33(34)40)35(41)38-47(42,43)25(24)2/h10,12-13,15,18-19,24-25,28,31-32H,5-9,11,14,16-17,20-23H2,1-4H3,(H,38,41)/t24-,25+,28-,31?,32+,36?/m0/s1. The van der Waals surface area contributed by atoms with Gasteiger partial charge in [-0.15, -0.1) is 0 Å². The number of nitrogens with zero attached hydrogens (tertiary/aromatic N) is 2. The van der Waals surface area contributed by atoms with Crippen molar-refractivity contribution in [1.82, 2.24) is 9.62 Å². The van der Waals surface area contributed by atoms with E-state index < -0.39 is 27.0 Å². The molecule has 1 spiro atoms. The van der Waals surface area contributed by atoms with Gasteiger partial charge in [0.25, 0.3) is 5.91 Å². The zero-order valence-electron chi connectivity index (χ0n) is 28.2. The van der Waals surface area contributed by atoms with E-state index in [1.165, 1.54) is 5.56 Å². The van der Waals surface area contributed by atoms with Gasteiger partial charge < -0.3 is 24.0 Å².